The number of aromatic hydroxyl groups is 2. The summed E-state index contributed by atoms with van der Waals surface area (Å²) in [7, 11) is 1.54. The average molecular weight is 566 g/mol. The van der Waals surface area contributed by atoms with E-state index in [2.05, 4.69) is 0 Å². The molecule has 5 aromatic rings. The average Bonchev–Trinajstić information content (AvgIpc) is 3.23. The van der Waals surface area contributed by atoms with E-state index in [9.17, 15) is 24.6 Å². The van der Waals surface area contributed by atoms with Gasteiger partial charge in [0.15, 0.2) is 0 Å². The Balaban J connectivity index is 1.51. The van der Waals surface area contributed by atoms with Gasteiger partial charge in [-0.15, -0.1) is 0 Å². The molecule has 0 bridgehead atoms. The summed E-state index contributed by atoms with van der Waals surface area (Å²) in [5.41, 5.74) is 3.00. The molecule has 0 saturated heterocycles. The molecular formula is C33H24ClNO6. The van der Waals surface area contributed by atoms with E-state index in [-0.39, 0.29) is 40.7 Å². The van der Waals surface area contributed by atoms with Gasteiger partial charge in [0.05, 0.1) is 29.7 Å². The molecule has 7 nitrogen and oxygen atoms in total. The van der Waals surface area contributed by atoms with Gasteiger partial charge in [0.25, 0.3) is 5.91 Å². The number of benzene rings is 4. The normalized spacial score (nSPS) is 12.7. The minimum absolute atomic E-state index is 0.00131. The quantitative estimate of drug-likeness (QED) is 0.263. The monoisotopic (exact) mass is 565 g/mol. The van der Waals surface area contributed by atoms with Gasteiger partial charge in [-0.2, -0.15) is 0 Å². The highest BCUT2D eigenvalue weighted by atomic mass is 35.5. The molecule has 8 heteroatoms. The van der Waals surface area contributed by atoms with Gasteiger partial charge < -0.3 is 14.9 Å². The SMILES string of the molecule is COc1ccc2c(c1)c(CC(=O)C1c3cccc(O)c3C(=O)c3c(O)cccc31)c(C)n2C(=O)c1ccc(Cl)cc1. The molecule has 0 fully saturated rings. The summed E-state index contributed by atoms with van der Waals surface area (Å²) in [6.45, 7) is 1.78. The fourth-order valence-corrected chi connectivity index (χ4v) is 5.93. The van der Waals surface area contributed by atoms with Gasteiger partial charge in [-0.25, -0.2) is 0 Å². The third-order valence-corrected chi connectivity index (χ3v) is 7.99. The Bertz CT molecular complexity index is 1850. The summed E-state index contributed by atoms with van der Waals surface area (Å²) in [4.78, 5) is 41.3. The van der Waals surface area contributed by atoms with Gasteiger partial charge in [-0.3, -0.25) is 19.0 Å². The molecule has 1 heterocycles. The zero-order chi connectivity index (χ0) is 29.0. The molecule has 2 N–H and O–H groups in total. The number of phenols is 2. The van der Waals surface area contributed by atoms with Crippen molar-refractivity contribution in [3.05, 3.63) is 123 Å². The molecule has 41 heavy (non-hydrogen) atoms. The van der Waals surface area contributed by atoms with Crippen molar-refractivity contribution in [2.24, 2.45) is 0 Å². The molecule has 0 atom stereocenters. The number of hydrogen-bond donors (Lipinski definition) is 2. The number of phenolic OH excluding ortho intramolecular Hbond substituents is 2. The first kappa shape index (κ1) is 26.3. The Morgan fingerprint density at radius 3 is 2.10 bits per heavy atom. The standard InChI is InChI=1S/C33H24ClNO6/c1-17-23(24-15-20(41-2)13-14-25(24)35(17)33(40)18-9-11-19(34)12-10-18)16-28(38)29-21-5-3-7-26(36)30(21)32(39)31-22(29)6-4-8-27(31)37/h3-15,29,36-37H,16H2,1-2H3. The Hall–Kier alpha value is -4.88. The molecule has 1 aromatic heterocycles. The van der Waals surface area contributed by atoms with E-state index in [0.717, 1.165) is 0 Å². The zero-order valence-corrected chi connectivity index (χ0v) is 22.9. The van der Waals surface area contributed by atoms with Crippen LogP contribution in [-0.4, -0.2) is 39.4 Å². The predicted octanol–water partition coefficient (Wildman–Crippen LogP) is 6.20. The fraction of sp³-hybridized carbons (Fsp3) is 0.121. The first-order valence-corrected chi connectivity index (χ1v) is 13.3. The van der Waals surface area contributed by atoms with Crippen molar-refractivity contribution in [3.8, 4) is 17.2 Å². The van der Waals surface area contributed by atoms with Crippen molar-refractivity contribution in [1.82, 2.24) is 4.57 Å². The van der Waals surface area contributed by atoms with Crippen molar-refractivity contribution in [2.45, 2.75) is 19.3 Å². The van der Waals surface area contributed by atoms with E-state index in [0.29, 0.717) is 49.6 Å². The maximum Gasteiger partial charge on any atom is 0.262 e. The summed E-state index contributed by atoms with van der Waals surface area (Å²) in [5.74, 6) is -1.96. The van der Waals surface area contributed by atoms with Crippen LogP contribution in [0.15, 0.2) is 78.9 Å². The van der Waals surface area contributed by atoms with Gasteiger partial charge in [-0.05, 0) is 78.2 Å². The molecule has 0 aliphatic heterocycles. The number of methoxy groups -OCH3 is 1. The van der Waals surface area contributed by atoms with Crippen LogP contribution in [0.25, 0.3) is 10.9 Å². The van der Waals surface area contributed by atoms with Crippen LogP contribution in [0.4, 0.5) is 0 Å². The van der Waals surface area contributed by atoms with Gasteiger partial charge in [0.2, 0.25) is 5.78 Å². The molecular weight excluding hydrogens is 542 g/mol. The topological polar surface area (TPSA) is 106 Å². The largest absolute Gasteiger partial charge is 0.507 e. The number of hydrogen-bond acceptors (Lipinski definition) is 6. The highest BCUT2D eigenvalue weighted by molar-refractivity contribution is 6.30. The highest BCUT2D eigenvalue weighted by Crippen LogP contribution is 2.44. The summed E-state index contributed by atoms with van der Waals surface area (Å²) in [5, 5.41) is 22.4. The lowest BCUT2D eigenvalue weighted by Crippen LogP contribution is -2.26. The number of fused-ring (bicyclic) bond motifs is 3. The van der Waals surface area contributed by atoms with Crippen molar-refractivity contribution in [3.63, 3.8) is 0 Å². The van der Waals surface area contributed by atoms with Crippen LogP contribution in [0.3, 0.4) is 0 Å². The van der Waals surface area contributed by atoms with E-state index in [4.69, 9.17) is 16.3 Å². The number of Topliss-reactive ketones (excluding diaryl/α,β-unsaturated/α-hetero) is 1. The first-order valence-electron chi connectivity index (χ1n) is 12.9. The van der Waals surface area contributed by atoms with Crippen LogP contribution >= 0.6 is 11.6 Å². The lowest BCUT2D eigenvalue weighted by Gasteiger charge is -2.27. The Kier molecular flexibility index (Phi) is 6.39. The van der Waals surface area contributed by atoms with E-state index < -0.39 is 11.7 Å². The second kappa shape index (κ2) is 9.94. The Morgan fingerprint density at radius 2 is 1.51 bits per heavy atom. The van der Waals surface area contributed by atoms with E-state index in [1.165, 1.54) is 12.1 Å². The molecule has 1 aliphatic rings. The molecule has 0 amide bonds. The van der Waals surface area contributed by atoms with Crippen LogP contribution in [0, 0.1) is 6.92 Å². The molecule has 0 spiro atoms. The first-order chi connectivity index (χ1) is 19.7. The number of ether oxygens (including phenoxy) is 1. The number of halogens is 1. The summed E-state index contributed by atoms with van der Waals surface area (Å²) >= 11 is 6.04. The number of aromatic nitrogens is 1. The van der Waals surface area contributed by atoms with Gasteiger partial charge in [0, 0.05) is 28.1 Å². The van der Waals surface area contributed by atoms with Crippen molar-refractivity contribution >= 4 is 40.0 Å². The van der Waals surface area contributed by atoms with E-state index >= 15 is 0 Å². The molecule has 4 aromatic carbocycles. The number of ketones is 2. The van der Waals surface area contributed by atoms with Crippen molar-refractivity contribution in [1.29, 1.82) is 0 Å². The number of carbonyl (C=O) groups excluding carboxylic acids is 3. The van der Waals surface area contributed by atoms with Crippen LogP contribution in [-0.2, 0) is 11.2 Å². The van der Waals surface area contributed by atoms with Crippen LogP contribution in [0.1, 0.15) is 54.6 Å². The summed E-state index contributed by atoms with van der Waals surface area (Å²) in [6, 6.07) is 21.1. The predicted molar refractivity (Wildman–Crippen MR) is 155 cm³/mol. The van der Waals surface area contributed by atoms with E-state index in [1.54, 1.807) is 85.3 Å². The third-order valence-electron chi connectivity index (χ3n) is 7.73. The molecule has 1 aliphatic carbocycles. The lowest BCUT2D eigenvalue weighted by atomic mass is 9.74. The minimum Gasteiger partial charge on any atom is -0.507 e. The Labute approximate surface area is 240 Å². The molecule has 204 valence electrons. The van der Waals surface area contributed by atoms with Gasteiger partial charge in [0.1, 0.15) is 23.0 Å². The number of carbonyl (C=O) groups is 3. The van der Waals surface area contributed by atoms with Crippen LogP contribution < -0.4 is 4.74 Å². The molecule has 6 rings (SSSR count). The van der Waals surface area contributed by atoms with Crippen LogP contribution in [0.2, 0.25) is 5.02 Å². The lowest BCUT2D eigenvalue weighted by molar-refractivity contribution is -0.119. The van der Waals surface area contributed by atoms with Crippen molar-refractivity contribution < 1.29 is 29.3 Å². The number of rotatable bonds is 5. The maximum atomic E-state index is 14.2. The molecule has 0 radical (unpaired) electrons. The maximum absolute atomic E-state index is 14.2. The highest BCUT2D eigenvalue weighted by Gasteiger charge is 2.38. The number of nitrogens with zero attached hydrogens (tertiary/aromatic N) is 1. The smallest absolute Gasteiger partial charge is 0.262 e. The Morgan fingerprint density at radius 1 is 0.902 bits per heavy atom. The van der Waals surface area contributed by atoms with Gasteiger partial charge in [-0.1, -0.05) is 35.9 Å². The summed E-state index contributed by atoms with van der Waals surface area (Å²) in [6.07, 6.45) is -0.0839. The molecule has 0 saturated carbocycles. The molecule has 0 unspecified atom stereocenters. The van der Waals surface area contributed by atoms with Gasteiger partial charge >= 0.3 is 0 Å². The van der Waals surface area contributed by atoms with Crippen molar-refractivity contribution in [2.75, 3.05) is 7.11 Å². The second-order valence-corrected chi connectivity index (χ2v) is 10.4. The minimum atomic E-state index is -0.924. The fourth-order valence-electron chi connectivity index (χ4n) is 5.80. The third kappa shape index (κ3) is 4.17. The zero-order valence-electron chi connectivity index (χ0n) is 22.1. The van der Waals surface area contributed by atoms with Crippen LogP contribution in [0.5, 0.6) is 17.2 Å². The second-order valence-electron chi connectivity index (χ2n) is 9.98. The van der Waals surface area contributed by atoms with E-state index in [1.807, 2.05) is 0 Å². The summed E-state index contributed by atoms with van der Waals surface area (Å²) < 4.78 is 7.02.